The van der Waals surface area contributed by atoms with Gasteiger partial charge in [-0.15, -0.1) is 0 Å². The standard InChI is InChI=1S/C16H15ClFNO/c17-13-4-2-6-15(16(13)18)19-14-5-1-3-10-7-8-11(20)9-12(10)14/h2,4,6-9,14,19-20H,1,3,5H2. The molecule has 0 saturated carbocycles. The van der Waals surface area contributed by atoms with Gasteiger partial charge < -0.3 is 10.4 Å². The van der Waals surface area contributed by atoms with Crippen LogP contribution in [0.5, 0.6) is 5.75 Å². The number of hydrogen-bond acceptors (Lipinski definition) is 2. The number of phenolic OH excluding ortho intramolecular Hbond substituents is 1. The lowest BCUT2D eigenvalue weighted by molar-refractivity contribution is 0.471. The third-order valence-corrected chi connectivity index (χ3v) is 4.02. The van der Waals surface area contributed by atoms with Crippen LogP contribution in [0.15, 0.2) is 36.4 Å². The molecule has 104 valence electrons. The molecular formula is C16H15ClFNO. The first-order chi connectivity index (χ1) is 9.65. The third kappa shape index (κ3) is 2.46. The van der Waals surface area contributed by atoms with E-state index in [2.05, 4.69) is 5.32 Å². The lowest BCUT2D eigenvalue weighted by Crippen LogP contribution is -2.18. The molecule has 0 heterocycles. The molecule has 1 atom stereocenters. The van der Waals surface area contributed by atoms with E-state index in [1.165, 1.54) is 11.6 Å². The highest BCUT2D eigenvalue weighted by atomic mass is 35.5. The van der Waals surface area contributed by atoms with Gasteiger partial charge in [0.1, 0.15) is 5.75 Å². The van der Waals surface area contributed by atoms with Gasteiger partial charge in [0.2, 0.25) is 0 Å². The van der Waals surface area contributed by atoms with Gasteiger partial charge in [0, 0.05) is 0 Å². The maximum atomic E-state index is 14.0. The van der Waals surface area contributed by atoms with Crippen LogP contribution in [0.25, 0.3) is 0 Å². The Labute approximate surface area is 122 Å². The van der Waals surface area contributed by atoms with E-state index in [1.54, 1.807) is 24.3 Å². The normalized spacial score (nSPS) is 17.6. The Morgan fingerprint density at radius 1 is 1.25 bits per heavy atom. The van der Waals surface area contributed by atoms with E-state index in [-0.39, 0.29) is 16.8 Å². The molecular weight excluding hydrogens is 277 g/mol. The number of aryl methyl sites for hydroxylation is 1. The van der Waals surface area contributed by atoms with E-state index in [0.29, 0.717) is 5.69 Å². The van der Waals surface area contributed by atoms with Crippen molar-refractivity contribution in [2.24, 2.45) is 0 Å². The summed E-state index contributed by atoms with van der Waals surface area (Å²) in [5, 5.41) is 13.0. The molecule has 0 amide bonds. The van der Waals surface area contributed by atoms with Crippen LogP contribution < -0.4 is 5.32 Å². The average molecular weight is 292 g/mol. The minimum Gasteiger partial charge on any atom is -0.508 e. The molecule has 2 nitrogen and oxygen atoms in total. The van der Waals surface area contributed by atoms with Crippen LogP contribution in [0, 0.1) is 5.82 Å². The second kappa shape index (κ2) is 5.33. The summed E-state index contributed by atoms with van der Waals surface area (Å²) in [6.07, 6.45) is 2.94. The number of halogens is 2. The zero-order valence-electron chi connectivity index (χ0n) is 10.9. The van der Waals surface area contributed by atoms with Crippen molar-refractivity contribution in [3.8, 4) is 5.75 Å². The number of anilines is 1. The summed E-state index contributed by atoms with van der Waals surface area (Å²) >= 11 is 5.80. The zero-order chi connectivity index (χ0) is 14.1. The molecule has 1 aliphatic rings. The molecule has 0 bridgehead atoms. The molecule has 0 spiro atoms. The zero-order valence-corrected chi connectivity index (χ0v) is 11.6. The Balaban J connectivity index is 1.93. The van der Waals surface area contributed by atoms with E-state index >= 15 is 0 Å². The van der Waals surface area contributed by atoms with Crippen molar-refractivity contribution >= 4 is 17.3 Å². The molecule has 2 aromatic carbocycles. The molecule has 2 N–H and O–H groups in total. The predicted octanol–water partition coefficient (Wildman–Crippen LogP) is 4.67. The summed E-state index contributed by atoms with van der Waals surface area (Å²) in [5.74, 6) is -0.189. The van der Waals surface area contributed by atoms with Crippen molar-refractivity contribution < 1.29 is 9.50 Å². The molecule has 1 unspecified atom stereocenters. The van der Waals surface area contributed by atoms with E-state index < -0.39 is 5.82 Å². The fourth-order valence-corrected chi connectivity index (χ4v) is 2.91. The van der Waals surface area contributed by atoms with Gasteiger partial charge >= 0.3 is 0 Å². The number of fused-ring (bicyclic) bond motifs is 1. The summed E-state index contributed by atoms with van der Waals surface area (Å²) in [5.41, 5.74) is 2.64. The Morgan fingerprint density at radius 2 is 2.10 bits per heavy atom. The van der Waals surface area contributed by atoms with Gasteiger partial charge in [-0.2, -0.15) is 0 Å². The summed E-state index contributed by atoms with van der Waals surface area (Å²) in [6.45, 7) is 0. The van der Waals surface area contributed by atoms with E-state index in [9.17, 15) is 9.50 Å². The fraction of sp³-hybridized carbons (Fsp3) is 0.250. The quantitative estimate of drug-likeness (QED) is 0.842. The van der Waals surface area contributed by atoms with Crippen LogP contribution in [0.3, 0.4) is 0 Å². The van der Waals surface area contributed by atoms with Crippen molar-refractivity contribution in [2.45, 2.75) is 25.3 Å². The Morgan fingerprint density at radius 3 is 2.95 bits per heavy atom. The van der Waals surface area contributed by atoms with Crippen LogP contribution in [-0.2, 0) is 6.42 Å². The maximum absolute atomic E-state index is 14.0. The largest absolute Gasteiger partial charge is 0.508 e. The SMILES string of the molecule is Oc1ccc2c(c1)C(Nc1cccc(Cl)c1F)CCC2. The third-order valence-electron chi connectivity index (χ3n) is 3.73. The Kier molecular flexibility index (Phi) is 3.53. The van der Waals surface area contributed by atoms with Crippen molar-refractivity contribution in [3.63, 3.8) is 0 Å². The van der Waals surface area contributed by atoms with Gasteiger partial charge in [-0.05, 0) is 54.7 Å². The van der Waals surface area contributed by atoms with Crippen LogP contribution >= 0.6 is 11.6 Å². The molecule has 3 rings (SSSR count). The fourth-order valence-electron chi connectivity index (χ4n) is 2.74. The molecule has 4 heteroatoms. The molecule has 1 aliphatic carbocycles. The Bertz CT molecular complexity index is 644. The summed E-state index contributed by atoms with van der Waals surface area (Å²) < 4.78 is 14.0. The second-order valence-corrected chi connectivity index (χ2v) is 5.48. The first-order valence-electron chi connectivity index (χ1n) is 6.67. The van der Waals surface area contributed by atoms with Crippen LogP contribution in [0.1, 0.15) is 30.0 Å². The lowest BCUT2D eigenvalue weighted by Gasteiger charge is -2.27. The van der Waals surface area contributed by atoms with Gasteiger partial charge in [0.15, 0.2) is 5.82 Å². The van der Waals surface area contributed by atoms with E-state index in [4.69, 9.17) is 11.6 Å². The lowest BCUT2D eigenvalue weighted by atomic mass is 9.87. The smallest absolute Gasteiger partial charge is 0.164 e. The number of nitrogens with one attached hydrogen (secondary N) is 1. The monoisotopic (exact) mass is 291 g/mol. The average Bonchev–Trinajstić information content (AvgIpc) is 2.44. The minimum absolute atomic E-state index is 0.00110. The minimum atomic E-state index is -0.429. The van der Waals surface area contributed by atoms with E-state index in [0.717, 1.165) is 24.8 Å². The molecule has 0 saturated heterocycles. The molecule has 20 heavy (non-hydrogen) atoms. The Hall–Kier alpha value is -1.74. The van der Waals surface area contributed by atoms with Gasteiger partial charge in [0.25, 0.3) is 0 Å². The summed E-state index contributed by atoms with van der Waals surface area (Å²) in [6, 6.07) is 10.3. The number of benzene rings is 2. The van der Waals surface area contributed by atoms with E-state index in [1.807, 2.05) is 6.07 Å². The first kappa shape index (κ1) is 13.3. The van der Waals surface area contributed by atoms with Crippen molar-refractivity contribution in [2.75, 3.05) is 5.32 Å². The van der Waals surface area contributed by atoms with Crippen LogP contribution in [-0.4, -0.2) is 5.11 Å². The van der Waals surface area contributed by atoms with Crippen molar-refractivity contribution in [3.05, 3.63) is 58.4 Å². The highest BCUT2D eigenvalue weighted by Crippen LogP contribution is 2.35. The van der Waals surface area contributed by atoms with Crippen molar-refractivity contribution in [1.82, 2.24) is 0 Å². The molecule has 0 aromatic heterocycles. The summed E-state index contributed by atoms with van der Waals surface area (Å²) in [4.78, 5) is 0. The highest BCUT2D eigenvalue weighted by molar-refractivity contribution is 6.31. The topological polar surface area (TPSA) is 32.3 Å². The second-order valence-electron chi connectivity index (χ2n) is 5.07. The van der Waals surface area contributed by atoms with Crippen LogP contribution in [0.2, 0.25) is 5.02 Å². The number of phenols is 1. The van der Waals surface area contributed by atoms with Crippen LogP contribution in [0.4, 0.5) is 10.1 Å². The molecule has 0 radical (unpaired) electrons. The van der Waals surface area contributed by atoms with Gasteiger partial charge in [-0.25, -0.2) is 4.39 Å². The molecule has 0 aliphatic heterocycles. The van der Waals surface area contributed by atoms with Gasteiger partial charge in [-0.3, -0.25) is 0 Å². The number of hydrogen-bond donors (Lipinski definition) is 2. The number of rotatable bonds is 2. The predicted molar refractivity (Wildman–Crippen MR) is 78.8 cm³/mol. The maximum Gasteiger partial charge on any atom is 0.164 e. The molecule has 2 aromatic rings. The summed E-state index contributed by atoms with van der Waals surface area (Å²) in [7, 11) is 0. The number of aromatic hydroxyl groups is 1. The van der Waals surface area contributed by atoms with Gasteiger partial charge in [0.05, 0.1) is 16.8 Å². The first-order valence-corrected chi connectivity index (χ1v) is 7.05. The van der Waals surface area contributed by atoms with Gasteiger partial charge in [-0.1, -0.05) is 23.7 Å². The molecule has 0 fully saturated rings. The highest BCUT2D eigenvalue weighted by Gasteiger charge is 2.21. The van der Waals surface area contributed by atoms with Crippen molar-refractivity contribution in [1.29, 1.82) is 0 Å².